The Kier molecular flexibility index (Phi) is 3.57. The molecular formula is C14H14ClF2N3O. The van der Waals surface area contributed by atoms with Gasteiger partial charge in [0.1, 0.15) is 23.7 Å². The number of hydrogen-bond donors (Lipinski definition) is 1. The van der Waals surface area contributed by atoms with Crippen molar-refractivity contribution >= 4 is 28.5 Å². The van der Waals surface area contributed by atoms with Crippen molar-refractivity contribution in [2.75, 3.05) is 0 Å². The Morgan fingerprint density at radius 3 is 2.86 bits per heavy atom. The normalized spacial score (nSPS) is 16.2. The summed E-state index contributed by atoms with van der Waals surface area (Å²) >= 11 is 6.04. The molecule has 2 aromatic rings. The van der Waals surface area contributed by atoms with Gasteiger partial charge in [-0.25, -0.2) is 13.8 Å². The van der Waals surface area contributed by atoms with Crippen molar-refractivity contribution in [2.45, 2.75) is 37.7 Å². The van der Waals surface area contributed by atoms with Gasteiger partial charge in [-0.2, -0.15) is 0 Å². The molecule has 112 valence electrons. The van der Waals surface area contributed by atoms with Crippen molar-refractivity contribution in [3.63, 3.8) is 0 Å². The fraction of sp³-hybridized carbons (Fsp3) is 0.429. The summed E-state index contributed by atoms with van der Waals surface area (Å²) in [7, 11) is 0. The first-order chi connectivity index (χ1) is 9.95. The monoisotopic (exact) mass is 313 g/mol. The smallest absolute Gasteiger partial charge is 0.240 e. The number of benzene rings is 1. The van der Waals surface area contributed by atoms with Gasteiger partial charge in [-0.05, 0) is 25.8 Å². The van der Waals surface area contributed by atoms with E-state index in [0.29, 0.717) is 5.82 Å². The van der Waals surface area contributed by atoms with E-state index in [1.165, 1.54) is 10.6 Å². The summed E-state index contributed by atoms with van der Waals surface area (Å²) in [6.45, 7) is 1.62. The van der Waals surface area contributed by atoms with E-state index in [1.54, 1.807) is 6.92 Å². The minimum absolute atomic E-state index is 0.0260. The summed E-state index contributed by atoms with van der Waals surface area (Å²) in [5, 5.41) is 2.31. The Hall–Kier alpha value is -1.69. The van der Waals surface area contributed by atoms with Gasteiger partial charge in [0.05, 0.1) is 10.9 Å². The Labute approximate surface area is 125 Å². The molecule has 1 saturated carbocycles. The van der Waals surface area contributed by atoms with Crippen LogP contribution in [0, 0.1) is 11.6 Å². The predicted octanol–water partition coefficient (Wildman–Crippen LogP) is 2.89. The number of nitrogens with one attached hydrogen (secondary N) is 1. The highest BCUT2D eigenvalue weighted by Gasteiger charge is 2.25. The topological polar surface area (TPSA) is 46.9 Å². The molecule has 1 aromatic heterocycles. The lowest BCUT2D eigenvalue weighted by Crippen LogP contribution is -2.29. The van der Waals surface area contributed by atoms with Gasteiger partial charge < -0.3 is 9.88 Å². The zero-order valence-electron chi connectivity index (χ0n) is 11.4. The van der Waals surface area contributed by atoms with Crippen molar-refractivity contribution in [1.82, 2.24) is 14.9 Å². The van der Waals surface area contributed by atoms with E-state index in [2.05, 4.69) is 10.3 Å². The van der Waals surface area contributed by atoms with Crippen molar-refractivity contribution in [3.8, 4) is 0 Å². The lowest BCUT2D eigenvalue weighted by molar-refractivity contribution is -0.121. The first kappa shape index (κ1) is 14.3. The molecule has 1 fully saturated rings. The molecule has 1 amide bonds. The van der Waals surface area contributed by atoms with Crippen molar-refractivity contribution in [3.05, 3.63) is 29.6 Å². The molecule has 1 N–H and O–H groups in total. The van der Waals surface area contributed by atoms with Gasteiger partial charge >= 0.3 is 0 Å². The van der Waals surface area contributed by atoms with E-state index < -0.39 is 17.0 Å². The molecule has 0 radical (unpaired) electrons. The fourth-order valence-corrected chi connectivity index (χ4v) is 2.45. The minimum atomic E-state index is -0.759. The lowest BCUT2D eigenvalue weighted by Gasteiger charge is -2.10. The van der Waals surface area contributed by atoms with Crippen LogP contribution >= 0.6 is 11.6 Å². The second kappa shape index (κ2) is 5.26. The molecule has 1 atom stereocenters. The zero-order valence-corrected chi connectivity index (χ0v) is 12.1. The number of rotatable bonds is 4. The van der Waals surface area contributed by atoms with Crippen molar-refractivity contribution < 1.29 is 13.6 Å². The molecule has 7 heteroatoms. The molecular weight excluding hydrogens is 300 g/mol. The number of carbonyl (C=O) groups is 1. The van der Waals surface area contributed by atoms with Crippen LogP contribution in [0.15, 0.2) is 12.1 Å². The Bertz CT molecular complexity index is 710. The van der Waals surface area contributed by atoms with E-state index >= 15 is 0 Å². The van der Waals surface area contributed by atoms with Crippen LogP contribution in [0.5, 0.6) is 0 Å². The minimum Gasteiger partial charge on any atom is -0.352 e. The molecule has 0 bridgehead atoms. The molecule has 1 heterocycles. The summed E-state index contributed by atoms with van der Waals surface area (Å²) in [6.07, 6.45) is 1.94. The molecule has 1 unspecified atom stereocenters. The van der Waals surface area contributed by atoms with E-state index in [9.17, 15) is 13.6 Å². The largest absolute Gasteiger partial charge is 0.352 e. The van der Waals surface area contributed by atoms with Gasteiger partial charge in [0.15, 0.2) is 5.82 Å². The number of alkyl halides is 1. The maximum Gasteiger partial charge on any atom is 0.240 e. The first-order valence-electron chi connectivity index (χ1n) is 6.74. The third kappa shape index (κ3) is 2.85. The van der Waals surface area contributed by atoms with Crippen molar-refractivity contribution in [2.24, 2.45) is 0 Å². The lowest BCUT2D eigenvalue weighted by atomic mass is 10.3. The summed E-state index contributed by atoms with van der Waals surface area (Å²) in [5.41, 5.74) is 0.263. The zero-order chi connectivity index (χ0) is 15.1. The highest BCUT2D eigenvalue weighted by molar-refractivity contribution is 6.20. The van der Waals surface area contributed by atoms with E-state index in [4.69, 9.17) is 11.6 Å². The van der Waals surface area contributed by atoms with Crippen LogP contribution < -0.4 is 5.32 Å². The Balaban J connectivity index is 2.04. The maximum absolute atomic E-state index is 13.8. The number of aromatic nitrogens is 2. The Morgan fingerprint density at radius 1 is 1.52 bits per heavy atom. The van der Waals surface area contributed by atoms with Crippen LogP contribution in [-0.4, -0.2) is 21.5 Å². The Morgan fingerprint density at radius 2 is 2.24 bits per heavy atom. The number of hydrogen-bond acceptors (Lipinski definition) is 2. The maximum atomic E-state index is 13.8. The second-order valence-electron chi connectivity index (χ2n) is 5.27. The molecule has 0 aliphatic heterocycles. The molecule has 4 nitrogen and oxygen atoms in total. The quantitative estimate of drug-likeness (QED) is 0.882. The summed E-state index contributed by atoms with van der Waals surface area (Å²) in [5.74, 6) is -1.33. The van der Waals surface area contributed by atoms with Crippen LogP contribution in [0.3, 0.4) is 0 Å². The average Bonchev–Trinajstić information content (AvgIpc) is 3.11. The van der Waals surface area contributed by atoms with Gasteiger partial charge in [0.25, 0.3) is 0 Å². The number of fused-ring (bicyclic) bond motifs is 1. The third-order valence-electron chi connectivity index (χ3n) is 3.40. The van der Waals surface area contributed by atoms with E-state index in [0.717, 1.165) is 18.9 Å². The van der Waals surface area contributed by atoms with Gasteiger partial charge in [0, 0.05) is 12.1 Å². The first-order valence-corrected chi connectivity index (χ1v) is 7.18. The number of amides is 1. The van der Waals surface area contributed by atoms with Crippen molar-refractivity contribution in [1.29, 1.82) is 0 Å². The standard InChI is InChI=1S/C14H14ClF2N3O/c1-7(15)14-19-13-10(17)4-8(16)5-11(13)20(14)6-12(21)18-9-2-3-9/h4-5,7,9H,2-3,6H2,1H3,(H,18,21). The van der Waals surface area contributed by atoms with Gasteiger partial charge in [0.2, 0.25) is 5.91 Å². The van der Waals surface area contributed by atoms with Crippen LogP contribution in [-0.2, 0) is 11.3 Å². The molecule has 3 rings (SSSR count). The highest BCUT2D eigenvalue weighted by Crippen LogP contribution is 2.27. The van der Waals surface area contributed by atoms with Gasteiger partial charge in [-0.15, -0.1) is 11.6 Å². The average molecular weight is 314 g/mol. The molecule has 1 aromatic carbocycles. The summed E-state index contributed by atoms with van der Waals surface area (Å²) < 4.78 is 28.7. The summed E-state index contributed by atoms with van der Waals surface area (Å²) in [6, 6.07) is 2.16. The summed E-state index contributed by atoms with van der Waals surface area (Å²) in [4.78, 5) is 16.1. The van der Waals surface area contributed by atoms with Crippen LogP contribution in [0.25, 0.3) is 11.0 Å². The number of carbonyl (C=O) groups excluding carboxylic acids is 1. The number of imidazole rings is 1. The van der Waals surface area contributed by atoms with Gasteiger partial charge in [-0.3, -0.25) is 4.79 Å². The second-order valence-corrected chi connectivity index (χ2v) is 5.92. The van der Waals surface area contributed by atoms with Gasteiger partial charge in [-0.1, -0.05) is 0 Å². The third-order valence-corrected chi connectivity index (χ3v) is 3.60. The SMILES string of the molecule is CC(Cl)c1nc2c(F)cc(F)cc2n1CC(=O)NC1CC1. The van der Waals surface area contributed by atoms with Crippen LogP contribution in [0.1, 0.15) is 31.0 Å². The van der Waals surface area contributed by atoms with E-state index in [1.807, 2.05) is 0 Å². The molecule has 1 aliphatic carbocycles. The van der Waals surface area contributed by atoms with Crippen LogP contribution in [0.2, 0.25) is 0 Å². The molecule has 0 spiro atoms. The fourth-order valence-electron chi connectivity index (χ4n) is 2.28. The van der Waals surface area contributed by atoms with E-state index in [-0.39, 0.29) is 29.5 Å². The number of halogens is 3. The molecule has 21 heavy (non-hydrogen) atoms. The molecule has 1 aliphatic rings. The molecule has 0 saturated heterocycles. The highest BCUT2D eigenvalue weighted by atomic mass is 35.5. The predicted molar refractivity (Wildman–Crippen MR) is 75.1 cm³/mol. The number of nitrogens with zero attached hydrogens (tertiary/aromatic N) is 2. The van der Waals surface area contributed by atoms with Crippen LogP contribution in [0.4, 0.5) is 8.78 Å².